The summed E-state index contributed by atoms with van der Waals surface area (Å²) in [5.41, 5.74) is 0. The molecule has 0 radical (unpaired) electrons. The van der Waals surface area contributed by atoms with E-state index in [0.29, 0.717) is 0 Å². The van der Waals surface area contributed by atoms with Crippen molar-refractivity contribution < 1.29 is 78.6 Å². The van der Waals surface area contributed by atoms with Gasteiger partial charge in [-0.15, -0.1) is 0 Å². The number of aliphatic carboxylic acids is 6. The van der Waals surface area contributed by atoms with Gasteiger partial charge in [-0.3, -0.25) is 67.5 Å². The molecule has 24 heteroatoms. The van der Waals surface area contributed by atoms with Gasteiger partial charge < -0.3 is 51.9 Å². The van der Waals surface area contributed by atoms with Gasteiger partial charge >= 0.3 is 35.8 Å². The number of hydrogen-bond donors (Lipinski definition) is 10. The highest BCUT2D eigenvalue weighted by atomic mass is 16.4. The van der Waals surface area contributed by atoms with E-state index in [2.05, 4.69) is 21.3 Å². The van der Waals surface area contributed by atoms with Crippen LogP contribution in [0.25, 0.3) is 0 Å². The van der Waals surface area contributed by atoms with Crippen LogP contribution in [-0.2, 0) is 47.9 Å². The molecule has 24 nitrogen and oxygen atoms in total. The highest BCUT2D eigenvalue weighted by molar-refractivity contribution is 5.95. The van der Waals surface area contributed by atoms with Gasteiger partial charge in [0.05, 0.1) is 26.2 Å². The minimum Gasteiger partial charge on any atom is -0.481 e. The van der Waals surface area contributed by atoms with Crippen LogP contribution in [0.1, 0.15) is 52.4 Å². The molecule has 0 saturated carbocycles. The molecular weight excluding hydrogens is 776 g/mol. The molecule has 1 heterocycles. The predicted molar refractivity (Wildman–Crippen MR) is 198 cm³/mol. The minimum absolute atomic E-state index is 0.0530. The second-order valence-electron chi connectivity index (χ2n) is 14.0. The molecule has 0 aromatic heterocycles. The molecule has 2 unspecified atom stereocenters. The third-order valence-corrected chi connectivity index (χ3v) is 8.66. The summed E-state index contributed by atoms with van der Waals surface area (Å²) >= 11 is 0. The van der Waals surface area contributed by atoms with Crippen LogP contribution in [-0.4, -0.2) is 212 Å². The molecule has 0 bridgehead atoms. The second kappa shape index (κ2) is 26.5. The third kappa shape index (κ3) is 22.9. The Labute approximate surface area is 333 Å². The number of carbonyl (C=O) groups excluding carboxylic acids is 4. The summed E-state index contributed by atoms with van der Waals surface area (Å²) in [6.45, 7) is 2.39. The van der Waals surface area contributed by atoms with Crippen LogP contribution >= 0.6 is 0 Å². The number of nitrogens with one attached hydrogen (secondary N) is 4. The Morgan fingerprint density at radius 3 is 0.914 bits per heavy atom. The molecule has 0 aromatic rings. The third-order valence-electron chi connectivity index (χ3n) is 8.66. The quantitative estimate of drug-likeness (QED) is 0.0443. The number of hydrogen-bond acceptors (Lipinski definition) is 14. The van der Waals surface area contributed by atoms with Crippen molar-refractivity contribution in [1.29, 1.82) is 0 Å². The van der Waals surface area contributed by atoms with Crippen LogP contribution in [0, 0.1) is 0 Å². The largest absolute Gasteiger partial charge is 0.481 e. The molecule has 0 aromatic carbocycles. The number of amides is 4. The lowest BCUT2D eigenvalue weighted by atomic mass is 10.1. The monoisotopic (exact) mass is 832 g/mol. The van der Waals surface area contributed by atoms with Crippen molar-refractivity contribution in [3.63, 3.8) is 0 Å². The van der Waals surface area contributed by atoms with Gasteiger partial charge in [0.15, 0.2) is 0 Å². The van der Waals surface area contributed by atoms with Gasteiger partial charge in [-0.2, -0.15) is 0 Å². The van der Waals surface area contributed by atoms with Crippen molar-refractivity contribution in [2.75, 3.05) is 78.5 Å². The van der Waals surface area contributed by atoms with Crippen LogP contribution in [0.4, 0.5) is 0 Å². The molecule has 1 fully saturated rings. The van der Waals surface area contributed by atoms with Gasteiger partial charge in [-0.1, -0.05) is 0 Å². The van der Waals surface area contributed by atoms with Crippen LogP contribution in [0.3, 0.4) is 0 Å². The van der Waals surface area contributed by atoms with E-state index in [1.165, 1.54) is 9.80 Å². The van der Waals surface area contributed by atoms with Crippen molar-refractivity contribution in [2.24, 2.45) is 0 Å². The zero-order valence-electron chi connectivity index (χ0n) is 32.6. The maximum absolute atomic E-state index is 13.6. The Morgan fingerprint density at radius 1 is 0.397 bits per heavy atom. The zero-order valence-corrected chi connectivity index (χ0v) is 32.6. The molecule has 0 aliphatic carbocycles. The predicted octanol–water partition coefficient (Wildman–Crippen LogP) is -3.96. The Kier molecular flexibility index (Phi) is 23.1. The second-order valence-corrected chi connectivity index (χ2v) is 14.0. The summed E-state index contributed by atoms with van der Waals surface area (Å²) in [4.78, 5) is 128. The Bertz CT molecular complexity index is 1430. The van der Waals surface area contributed by atoms with E-state index in [9.17, 15) is 73.5 Å². The number of rotatable bonds is 24. The first kappa shape index (κ1) is 50.6. The fraction of sp³-hybridized carbons (Fsp3) is 0.706. The van der Waals surface area contributed by atoms with E-state index in [1.807, 2.05) is 0 Å². The first-order valence-corrected chi connectivity index (χ1v) is 18.6. The first-order chi connectivity index (χ1) is 27.1. The van der Waals surface area contributed by atoms with Crippen molar-refractivity contribution in [2.45, 2.75) is 76.5 Å². The smallest absolute Gasteiger partial charge is 0.317 e. The normalized spacial score (nSPS) is 16.7. The van der Waals surface area contributed by atoms with Crippen molar-refractivity contribution in [3.05, 3.63) is 0 Å². The number of nitrogens with zero attached hydrogens (tertiary/aromatic N) is 4. The maximum Gasteiger partial charge on any atom is 0.317 e. The lowest BCUT2D eigenvalue weighted by Crippen LogP contribution is -2.57. The molecule has 328 valence electrons. The molecule has 10 N–H and O–H groups in total. The summed E-state index contributed by atoms with van der Waals surface area (Å²) in [5, 5.41) is 65.7. The van der Waals surface area contributed by atoms with Gasteiger partial charge in [0.1, 0.15) is 18.1 Å². The molecule has 3 atom stereocenters. The molecular formula is C34H56N8O16. The lowest BCUT2D eigenvalue weighted by Gasteiger charge is -2.33. The van der Waals surface area contributed by atoms with E-state index >= 15 is 0 Å². The first-order valence-electron chi connectivity index (χ1n) is 18.6. The topological polar surface area (TPSA) is 353 Å². The highest BCUT2D eigenvalue weighted by Crippen LogP contribution is 2.07. The zero-order chi connectivity index (χ0) is 43.9. The van der Waals surface area contributed by atoms with E-state index < -0.39 is 135 Å². The molecule has 58 heavy (non-hydrogen) atoms. The maximum atomic E-state index is 13.6. The van der Waals surface area contributed by atoms with Gasteiger partial charge in [0.2, 0.25) is 23.6 Å². The summed E-state index contributed by atoms with van der Waals surface area (Å²) in [5.74, 6) is -11.1. The fourth-order valence-corrected chi connectivity index (χ4v) is 5.77. The van der Waals surface area contributed by atoms with Crippen molar-refractivity contribution in [3.8, 4) is 0 Å². The summed E-state index contributed by atoms with van der Waals surface area (Å²) < 4.78 is 0. The molecule has 1 aliphatic rings. The van der Waals surface area contributed by atoms with Gasteiger partial charge in [-0.05, 0) is 33.1 Å². The number of carboxylic acids is 6. The Morgan fingerprint density at radius 2 is 0.655 bits per heavy atom. The Hall–Kier alpha value is -5.46. The van der Waals surface area contributed by atoms with Crippen molar-refractivity contribution >= 4 is 59.4 Å². The lowest BCUT2D eigenvalue weighted by molar-refractivity contribution is -0.140. The Balaban J connectivity index is 3.31. The molecule has 0 spiro atoms. The number of carboxylic acid groups (broad SMARTS) is 6. The van der Waals surface area contributed by atoms with E-state index in [-0.39, 0.29) is 65.3 Å². The highest BCUT2D eigenvalue weighted by Gasteiger charge is 2.31. The SMILES string of the molecule is CC(C)NC(=O)C(CCC(=O)O)NC(=O)C(CCC(=O)O)NC(=O)[C@@H](CCC(=O)O)NC(=O)CN1CCN(CC(=O)O)CCN(CC(=O)O)CCN(CC(=O)O)CC1. The molecule has 1 rings (SSSR count). The van der Waals surface area contributed by atoms with Gasteiger partial charge in [-0.25, -0.2) is 0 Å². The van der Waals surface area contributed by atoms with E-state index in [4.69, 9.17) is 5.11 Å². The molecule has 4 amide bonds. The average molecular weight is 833 g/mol. The van der Waals surface area contributed by atoms with Crippen LogP contribution in [0.5, 0.6) is 0 Å². The van der Waals surface area contributed by atoms with Gasteiger partial charge in [0, 0.05) is 77.7 Å². The summed E-state index contributed by atoms with van der Waals surface area (Å²) in [6.07, 6.45) is -3.14. The van der Waals surface area contributed by atoms with E-state index in [0.717, 1.165) is 0 Å². The summed E-state index contributed by atoms with van der Waals surface area (Å²) in [6, 6.07) is -5.01. The minimum atomic E-state index is -1.63. The van der Waals surface area contributed by atoms with Crippen molar-refractivity contribution in [1.82, 2.24) is 40.9 Å². The van der Waals surface area contributed by atoms with Crippen LogP contribution in [0.2, 0.25) is 0 Å². The number of carbonyl (C=O) groups is 10. The van der Waals surface area contributed by atoms with Crippen LogP contribution < -0.4 is 21.3 Å². The standard InChI is InChI=1S/C34H56N8O16/c1-21(2)35-32(56)23(4-7-27(46)47)37-34(58)24(5-8-28(48)49)38-33(57)22(3-6-26(44)45)36-25(43)17-39-9-11-40(18-29(50)51)13-15-42(20-31(54)55)16-14-41(12-10-39)19-30(52)53/h21-24H,3-20H2,1-2H3,(H,35,56)(H,36,43)(H,37,58)(H,38,57)(H,44,45)(H,46,47)(H,48,49)(H,50,51)(H,52,53)(H,54,55)/t22-,23?,24?/m1/s1. The summed E-state index contributed by atoms with van der Waals surface area (Å²) in [7, 11) is 0. The molecule has 1 saturated heterocycles. The van der Waals surface area contributed by atoms with Crippen LogP contribution in [0.15, 0.2) is 0 Å². The average Bonchev–Trinajstić information content (AvgIpc) is 3.09. The fourth-order valence-electron chi connectivity index (χ4n) is 5.77. The van der Waals surface area contributed by atoms with Gasteiger partial charge in [0.25, 0.3) is 0 Å². The molecule has 1 aliphatic heterocycles. The van der Waals surface area contributed by atoms with E-state index in [1.54, 1.807) is 23.6 Å².